The third-order valence-corrected chi connectivity index (χ3v) is 3.18. The number of morpholine rings is 1. The molecule has 0 aliphatic carbocycles. The maximum atomic E-state index is 13.5. The Balaban J connectivity index is 2.01. The molecule has 4 heteroatoms. The van der Waals surface area contributed by atoms with Crippen LogP contribution < -0.4 is 0 Å². The number of hydrogen-bond donors (Lipinski definition) is 1. The van der Waals surface area contributed by atoms with Gasteiger partial charge in [-0.3, -0.25) is 4.90 Å². The average molecular weight is 239 g/mol. The number of aliphatic hydroxyl groups excluding tert-OH is 1. The van der Waals surface area contributed by atoms with Crippen molar-refractivity contribution in [1.82, 2.24) is 4.90 Å². The summed E-state index contributed by atoms with van der Waals surface area (Å²) in [6.07, 6.45) is -0.781. The fourth-order valence-electron chi connectivity index (χ4n) is 2.10. The van der Waals surface area contributed by atoms with E-state index < -0.39 is 6.10 Å². The first-order valence-electron chi connectivity index (χ1n) is 5.93. The van der Waals surface area contributed by atoms with E-state index in [1.54, 1.807) is 18.2 Å². The molecule has 0 amide bonds. The van der Waals surface area contributed by atoms with Crippen LogP contribution in [0.1, 0.15) is 18.6 Å². The van der Waals surface area contributed by atoms with Crippen LogP contribution in [0, 0.1) is 5.82 Å². The Morgan fingerprint density at radius 3 is 3.00 bits per heavy atom. The smallest absolute Gasteiger partial charge is 0.129 e. The van der Waals surface area contributed by atoms with E-state index in [0.717, 1.165) is 6.54 Å². The van der Waals surface area contributed by atoms with E-state index in [4.69, 9.17) is 4.74 Å². The molecule has 1 aliphatic heterocycles. The highest BCUT2D eigenvalue weighted by Gasteiger charge is 2.23. The molecular weight excluding hydrogens is 221 g/mol. The molecular formula is C13H18FNO2. The summed E-state index contributed by atoms with van der Waals surface area (Å²) in [7, 11) is 0. The zero-order valence-electron chi connectivity index (χ0n) is 9.97. The first kappa shape index (κ1) is 12.5. The predicted molar refractivity (Wildman–Crippen MR) is 63.2 cm³/mol. The van der Waals surface area contributed by atoms with Crippen LogP contribution in [0.5, 0.6) is 0 Å². The van der Waals surface area contributed by atoms with Crippen LogP contribution in [-0.4, -0.2) is 42.4 Å². The lowest BCUT2D eigenvalue weighted by Gasteiger charge is -2.34. The van der Waals surface area contributed by atoms with Gasteiger partial charge in [0, 0.05) is 24.7 Å². The molecule has 0 saturated carbocycles. The molecule has 0 unspecified atom stereocenters. The minimum atomic E-state index is -0.781. The lowest BCUT2D eigenvalue weighted by molar-refractivity contribution is -0.0207. The summed E-state index contributed by atoms with van der Waals surface area (Å²) in [6.45, 7) is 4.63. The second-order valence-electron chi connectivity index (χ2n) is 4.46. The molecule has 1 heterocycles. The van der Waals surface area contributed by atoms with Gasteiger partial charge >= 0.3 is 0 Å². The quantitative estimate of drug-likeness (QED) is 0.869. The van der Waals surface area contributed by atoms with E-state index in [1.165, 1.54) is 6.07 Å². The third-order valence-electron chi connectivity index (χ3n) is 3.18. The third kappa shape index (κ3) is 3.03. The number of nitrogens with zero attached hydrogens (tertiary/aromatic N) is 1. The molecule has 3 nitrogen and oxygen atoms in total. The summed E-state index contributed by atoms with van der Waals surface area (Å²) in [6, 6.07) is 6.64. The summed E-state index contributed by atoms with van der Waals surface area (Å²) in [5.41, 5.74) is 0.367. The zero-order valence-corrected chi connectivity index (χ0v) is 9.97. The van der Waals surface area contributed by atoms with Crippen LogP contribution in [0.15, 0.2) is 24.3 Å². The Morgan fingerprint density at radius 1 is 1.53 bits per heavy atom. The van der Waals surface area contributed by atoms with E-state index >= 15 is 0 Å². The second kappa shape index (κ2) is 5.58. The molecule has 94 valence electrons. The lowest BCUT2D eigenvalue weighted by Crippen LogP contribution is -2.45. The van der Waals surface area contributed by atoms with Crippen LogP contribution >= 0.6 is 0 Å². The van der Waals surface area contributed by atoms with Crippen molar-refractivity contribution in [3.05, 3.63) is 35.6 Å². The molecule has 1 aromatic rings. The molecule has 0 bridgehead atoms. The molecule has 1 aliphatic rings. The van der Waals surface area contributed by atoms with Gasteiger partial charge < -0.3 is 9.84 Å². The molecule has 2 rings (SSSR count). The molecule has 0 aromatic heterocycles. The van der Waals surface area contributed by atoms with Crippen LogP contribution in [0.3, 0.4) is 0 Å². The van der Waals surface area contributed by atoms with Crippen molar-refractivity contribution in [2.45, 2.75) is 19.1 Å². The molecule has 2 atom stereocenters. The summed E-state index contributed by atoms with van der Waals surface area (Å²) >= 11 is 0. The largest absolute Gasteiger partial charge is 0.387 e. The van der Waals surface area contributed by atoms with Gasteiger partial charge in [0.05, 0.1) is 19.3 Å². The van der Waals surface area contributed by atoms with Crippen LogP contribution in [0.25, 0.3) is 0 Å². The van der Waals surface area contributed by atoms with Crippen molar-refractivity contribution in [2.24, 2.45) is 0 Å². The number of benzene rings is 1. The first-order chi connectivity index (χ1) is 8.18. The number of halogens is 1. The van der Waals surface area contributed by atoms with E-state index in [0.29, 0.717) is 25.3 Å². The molecule has 1 saturated heterocycles. The van der Waals surface area contributed by atoms with E-state index in [9.17, 15) is 9.50 Å². The number of hydrogen-bond acceptors (Lipinski definition) is 3. The highest BCUT2D eigenvalue weighted by Crippen LogP contribution is 2.19. The summed E-state index contributed by atoms with van der Waals surface area (Å²) in [4.78, 5) is 2.13. The van der Waals surface area contributed by atoms with Gasteiger partial charge in [0.15, 0.2) is 0 Å². The van der Waals surface area contributed by atoms with Crippen LogP contribution in [-0.2, 0) is 4.74 Å². The fraction of sp³-hybridized carbons (Fsp3) is 0.538. The van der Waals surface area contributed by atoms with Crippen LogP contribution in [0.2, 0.25) is 0 Å². The van der Waals surface area contributed by atoms with E-state index in [1.807, 2.05) is 6.92 Å². The lowest BCUT2D eigenvalue weighted by atomic mass is 10.1. The number of aliphatic hydroxyl groups is 1. The average Bonchev–Trinajstić information content (AvgIpc) is 2.32. The maximum Gasteiger partial charge on any atom is 0.129 e. The Hall–Kier alpha value is -0.970. The van der Waals surface area contributed by atoms with Crippen molar-refractivity contribution in [1.29, 1.82) is 0 Å². The molecule has 1 N–H and O–H groups in total. The van der Waals surface area contributed by atoms with Crippen LogP contribution in [0.4, 0.5) is 4.39 Å². The summed E-state index contributed by atoms with van der Waals surface area (Å²) < 4.78 is 18.8. The number of ether oxygens (including phenoxy) is 1. The zero-order chi connectivity index (χ0) is 12.3. The fourth-order valence-corrected chi connectivity index (χ4v) is 2.10. The Bertz CT molecular complexity index is 372. The van der Waals surface area contributed by atoms with Gasteiger partial charge in [-0.1, -0.05) is 18.2 Å². The van der Waals surface area contributed by atoms with Gasteiger partial charge in [0.25, 0.3) is 0 Å². The van der Waals surface area contributed by atoms with Gasteiger partial charge in [-0.05, 0) is 13.0 Å². The second-order valence-corrected chi connectivity index (χ2v) is 4.46. The van der Waals surface area contributed by atoms with Crippen molar-refractivity contribution in [3.8, 4) is 0 Å². The first-order valence-corrected chi connectivity index (χ1v) is 5.93. The van der Waals surface area contributed by atoms with Gasteiger partial charge in [-0.2, -0.15) is 0 Å². The SMILES string of the molecule is C[C@H]1COCCN1C[C@@H](O)c1ccccc1F. The molecule has 1 aromatic carbocycles. The number of rotatable bonds is 3. The van der Waals surface area contributed by atoms with E-state index in [2.05, 4.69) is 4.90 Å². The highest BCUT2D eigenvalue weighted by molar-refractivity contribution is 5.20. The Labute approximate surface area is 101 Å². The Morgan fingerprint density at radius 2 is 2.29 bits per heavy atom. The Kier molecular flexibility index (Phi) is 4.10. The van der Waals surface area contributed by atoms with Gasteiger partial charge in [0.1, 0.15) is 5.82 Å². The molecule has 17 heavy (non-hydrogen) atoms. The summed E-state index contributed by atoms with van der Waals surface area (Å²) in [5.74, 6) is -0.346. The van der Waals surface area contributed by atoms with Crippen molar-refractivity contribution in [2.75, 3.05) is 26.3 Å². The minimum Gasteiger partial charge on any atom is -0.387 e. The van der Waals surface area contributed by atoms with Gasteiger partial charge in [-0.25, -0.2) is 4.39 Å². The molecule has 1 fully saturated rings. The van der Waals surface area contributed by atoms with Crippen molar-refractivity contribution < 1.29 is 14.2 Å². The van der Waals surface area contributed by atoms with Gasteiger partial charge in [-0.15, -0.1) is 0 Å². The van der Waals surface area contributed by atoms with Gasteiger partial charge in [0.2, 0.25) is 0 Å². The van der Waals surface area contributed by atoms with Crippen molar-refractivity contribution >= 4 is 0 Å². The number of β-amino-alcohol motifs (C(OH)–C–C–N with tert-alkyl or cyclic N) is 1. The topological polar surface area (TPSA) is 32.7 Å². The highest BCUT2D eigenvalue weighted by atomic mass is 19.1. The minimum absolute atomic E-state index is 0.269. The summed E-state index contributed by atoms with van der Waals surface area (Å²) in [5, 5.41) is 10.0. The van der Waals surface area contributed by atoms with Crippen molar-refractivity contribution in [3.63, 3.8) is 0 Å². The normalized spacial score (nSPS) is 23.6. The molecule has 0 radical (unpaired) electrons. The van der Waals surface area contributed by atoms with E-state index in [-0.39, 0.29) is 11.9 Å². The molecule has 0 spiro atoms. The predicted octanol–water partition coefficient (Wildman–Crippen LogP) is 1.58. The monoisotopic (exact) mass is 239 g/mol. The standard InChI is InChI=1S/C13H18FNO2/c1-10-9-17-7-6-15(10)8-13(16)11-4-2-3-5-12(11)14/h2-5,10,13,16H,6-9H2,1H3/t10-,13+/m0/s1. The maximum absolute atomic E-state index is 13.5.